The predicted molar refractivity (Wildman–Crippen MR) is 74.9 cm³/mol. The molecule has 1 amide bonds. The highest BCUT2D eigenvalue weighted by atomic mass is 16.5. The number of amides is 1. The third-order valence-corrected chi connectivity index (χ3v) is 3.75. The first-order valence-corrected chi connectivity index (χ1v) is 6.67. The van der Waals surface area contributed by atoms with Crippen LogP contribution in [0.25, 0.3) is 0 Å². The number of nitrogens with two attached hydrogens (primary N) is 1. The lowest BCUT2D eigenvalue weighted by Gasteiger charge is -2.15. The molecule has 1 fully saturated rings. The van der Waals surface area contributed by atoms with Gasteiger partial charge in [0.1, 0.15) is 0 Å². The topological polar surface area (TPSA) is 81.2 Å². The quantitative estimate of drug-likeness (QED) is 0.832. The second kappa shape index (κ2) is 4.67. The van der Waals surface area contributed by atoms with Crippen LogP contribution in [0.5, 0.6) is 0 Å². The molecule has 1 heterocycles. The van der Waals surface area contributed by atoms with Crippen LogP contribution in [0.1, 0.15) is 29.9 Å². The second-order valence-electron chi connectivity index (χ2n) is 5.32. The molecule has 0 aliphatic heterocycles. The number of nitrogens with zero attached hydrogens (tertiary/aromatic N) is 1. The fourth-order valence-electron chi connectivity index (χ4n) is 2.41. The Morgan fingerprint density at radius 3 is 2.65 bits per heavy atom. The Balaban J connectivity index is 1.68. The van der Waals surface area contributed by atoms with Crippen molar-refractivity contribution in [2.75, 3.05) is 5.73 Å². The molecule has 0 spiro atoms. The van der Waals surface area contributed by atoms with Gasteiger partial charge in [0.2, 0.25) is 5.91 Å². The minimum atomic E-state index is -0.386. The summed E-state index contributed by atoms with van der Waals surface area (Å²) in [6, 6.07) is 9.36. The van der Waals surface area contributed by atoms with Gasteiger partial charge in [-0.3, -0.25) is 4.79 Å². The SMILES string of the molecule is Cc1cc(CNC(=O)C2(c3ccc(N)cc3)CC2)on1. The molecule has 0 atom stereocenters. The van der Waals surface area contributed by atoms with Crippen molar-refractivity contribution in [1.82, 2.24) is 10.5 Å². The normalized spacial score (nSPS) is 15.8. The van der Waals surface area contributed by atoms with E-state index in [1.54, 1.807) is 0 Å². The van der Waals surface area contributed by atoms with Crippen LogP contribution in [0.3, 0.4) is 0 Å². The molecule has 1 aromatic heterocycles. The van der Waals surface area contributed by atoms with Crippen LogP contribution in [0.2, 0.25) is 0 Å². The molecule has 5 heteroatoms. The Morgan fingerprint density at radius 1 is 1.40 bits per heavy atom. The Hall–Kier alpha value is -2.30. The molecule has 0 bridgehead atoms. The molecule has 104 valence electrons. The molecule has 1 aromatic carbocycles. The summed E-state index contributed by atoms with van der Waals surface area (Å²) in [5.74, 6) is 0.709. The van der Waals surface area contributed by atoms with E-state index in [1.165, 1.54) is 0 Å². The summed E-state index contributed by atoms with van der Waals surface area (Å²) in [6.07, 6.45) is 1.75. The number of carbonyl (C=O) groups excluding carboxylic acids is 1. The fourth-order valence-corrected chi connectivity index (χ4v) is 2.41. The van der Waals surface area contributed by atoms with Crippen molar-refractivity contribution in [3.8, 4) is 0 Å². The summed E-state index contributed by atoms with van der Waals surface area (Å²) >= 11 is 0. The Labute approximate surface area is 117 Å². The number of hydrogen-bond acceptors (Lipinski definition) is 4. The van der Waals surface area contributed by atoms with E-state index >= 15 is 0 Å². The highest BCUT2D eigenvalue weighted by Crippen LogP contribution is 2.48. The van der Waals surface area contributed by atoms with Crippen LogP contribution in [-0.4, -0.2) is 11.1 Å². The molecular formula is C15H17N3O2. The molecule has 3 rings (SSSR count). The molecule has 1 aliphatic rings. The highest BCUT2D eigenvalue weighted by molar-refractivity contribution is 5.91. The van der Waals surface area contributed by atoms with Gasteiger partial charge in [0.25, 0.3) is 0 Å². The van der Waals surface area contributed by atoms with Gasteiger partial charge in [-0.15, -0.1) is 0 Å². The molecule has 2 aromatic rings. The number of hydrogen-bond donors (Lipinski definition) is 2. The number of carbonyl (C=O) groups is 1. The van der Waals surface area contributed by atoms with Crippen molar-refractivity contribution in [3.05, 3.63) is 47.3 Å². The number of benzene rings is 1. The van der Waals surface area contributed by atoms with Crippen LogP contribution >= 0.6 is 0 Å². The van der Waals surface area contributed by atoms with Crippen molar-refractivity contribution in [2.45, 2.75) is 31.7 Å². The first-order valence-electron chi connectivity index (χ1n) is 6.67. The highest BCUT2D eigenvalue weighted by Gasteiger charge is 2.51. The Kier molecular flexibility index (Phi) is 2.97. The standard InChI is InChI=1S/C15H17N3O2/c1-10-8-13(20-18-10)9-17-14(19)15(6-7-15)11-2-4-12(16)5-3-11/h2-5,8H,6-7,9,16H2,1H3,(H,17,19). The van der Waals surface area contributed by atoms with Gasteiger partial charge in [-0.05, 0) is 37.5 Å². The van der Waals surface area contributed by atoms with E-state index in [9.17, 15) is 4.79 Å². The van der Waals surface area contributed by atoms with E-state index in [0.717, 1.165) is 24.1 Å². The zero-order valence-corrected chi connectivity index (χ0v) is 11.3. The molecule has 1 saturated carbocycles. The first-order chi connectivity index (χ1) is 9.60. The maximum absolute atomic E-state index is 12.4. The van der Waals surface area contributed by atoms with E-state index in [0.29, 0.717) is 18.0 Å². The lowest BCUT2D eigenvalue weighted by molar-refractivity contribution is -0.123. The zero-order chi connectivity index (χ0) is 14.2. The predicted octanol–water partition coefficient (Wildman–Crippen LogP) is 1.91. The van der Waals surface area contributed by atoms with Gasteiger partial charge >= 0.3 is 0 Å². The van der Waals surface area contributed by atoms with Gasteiger partial charge in [0.15, 0.2) is 5.76 Å². The van der Waals surface area contributed by atoms with E-state index in [4.69, 9.17) is 10.3 Å². The van der Waals surface area contributed by atoms with Crippen molar-refractivity contribution in [1.29, 1.82) is 0 Å². The number of rotatable bonds is 4. The first kappa shape index (κ1) is 12.7. The van der Waals surface area contributed by atoms with Gasteiger partial charge < -0.3 is 15.6 Å². The lowest BCUT2D eigenvalue weighted by Crippen LogP contribution is -2.34. The van der Waals surface area contributed by atoms with Gasteiger partial charge in [0, 0.05) is 11.8 Å². The van der Waals surface area contributed by atoms with Crippen LogP contribution in [-0.2, 0) is 16.8 Å². The van der Waals surface area contributed by atoms with Gasteiger partial charge in [-0.2, -0.15) is 0 Å². The van der Waals surface area contributed by atoms with E-state index in [1.807, 2.05) is 37.3 Å². The maximum Gasteiger partial charge on any atom is 0.231 e. The molecule has 3 N–H and O–H groups in total. The van der Waals surface area contributed by atoms with Gasteiger partial charge in [0.05, 0.1) is 17.7 Å². The number of aryl methyl sites for hydroxylation is 1. The van der Waals surface area contributed by atoms with Gasteiger partial charge in [-0.1, -0.05) is 17.3 Å². The second-order valence-corrected chi connectivity index (χ2v) is 5.32. The smallest absolute Gasteiger partial charge is 0.231 e. The molecule has 1 aliphatic carbocycles. The fraction of sp³-hybridized carbons (Fsp3) is 0.333. The lowest BCUT2D eigenvalue weighted by atomic mass is 9.95. The molecule has 20 heavy (non-hydrogen) atoms. The third-order valence-electron chi connectivity index (χ3n) is 3.75. The minimum absolute atomic E-state index is 0.0383. The van der Waals surface area contributed by atoms with Crippen molar-refractivity contribution in [2.24, 2.45) is 0 Å². The summed E-state index contributed by atoms with van der Waals surface area (Å²) in [7, 11) is 0. The van der Waals surface area contributed by atoms with Crippen molar-refractivity contribution in [3.63, 3.8) is 0 Å². The summed E-state index contributed by atoms with van der Waals surface area (Å²) in [4.78, 5) is 12.4. The van der Waals surface area contributed by atoms with E-state index in [2.05, 4.69) is 10.5 Å². The van der Waals surface area contributed by atoms with E-state index < -0.39 is 0 Å². The summed E-state index contributed by atoms with van der Waals surface area (Å²) < 4.78 is 5.09. The molecule has 5 nitrogen and oxygen atoms in total. The molecule has 0 radical (unpaired) electrons. The average Bonchev–Trinajstić information content (AvgIpc) is 3.15. The monoisotopic (exact) mass is 271 g/mol. The average molecular weight is 271 g/mol. The Bertz CT molecular complexity index is 627. The van der Waals surface area contributed by atoms with Crippen LogP contribution < -0.4 is 11.1 Å². The zero-order valence-electron chi connectivity index (χ0n) is 11.3. The summed E-state index contributed by atoms with van der Waals surface area (Å²) in [5, 5.41) is 6.72. The van der Waals surface area contributed by atoms with E-state index in [-0.39, 0.29) is 11.3 Å². The minimum Gasteiger partial charge on any atom is -0.399 e. The molecule has 0 unspecified atom stereocenters. The van der Waals surface area contributed by atoms with Crippen LogP contribution in [0.4, 0.5) is 5.69 Å². The van der Waals surface area contributed by atoms with Gasteiger partial charge in [-0.25, -0.2) is 0 Å². The van der Waals surface area contributed by atoms with Crippen molar-refractivity contribution < 1.29 is 9.32 Å². The largest absolute Gasteiger partial charge is 0.399 e. The number of nitrogens with one attached hydrogen (secondary N) is 1. The summed E-state index contributed by atoms with van der Waals surface area (Å²) in [5.41, 5.74) is 7.85. The molecular weight excluding hydrogens is 254 g/mol. The third kappa shape index (κ3) is 2.27. The number of anilines is 1. The number of aromatic nitrogens is 1. The van der Waals surface area contributed by atoms with Crippen LogP contribution in [0, 0.1) is 6.92 Å². The summed E-state index contributed by atoms with van der Waals surface area (Å²) in [6.45, 7) is 2.22. The number of nitrogen functional groups attached to an aromatic ring is 1. The Morgan fingerprint density at radius 2 is 2.10 bits per heavy atom. The van der Waals surface area contributed by atoms with Crippen LogP contribution in [0.15, 0.2) is 34.9 Å². The maximum atomic E-state index is 12.4. The molecule has 0 saturated heterocycles. The van der Waals surface area contributed by atoms with Crippen molar-refractivity contribution >= 4 is 11.6 Å².